The highest BCUT2D eigenvalue weighted by atomic mass is 19.1. The minimum absolute atomic E-state index is 0.140. The van der Waals surface area contributed by atoms with Gasteiger partial charge in [0.05, 0.1) is 0 Å². The first-order valence-corrected chi connectivity index (χ1v) is 7.60. The molecule has 0 bridgehead atoms. The fraction of sp³-hybridized carbons (Fsp3) is 0.647. The Morgan fingerprint density at radius 3 is 2.32 bits per heavy atom. The Morgan fingerprint density at radius 2 is 1.84 bits per heavy atom. The quantitative estimate of drug-likeness (QED) is 0.805. The predicted octanol–water partition coefficient (Wildman–Crippen LogP) is 4.30. The van der Waals surface area contributed by atoms with Crippen molar-refractivity contribution >= 4 is 0 Å². The van der Waals surface area contributed by atoms with Crippen LogP contribution < -0.4 is 5.32 Å². The molecule has 0 spiro atoms. The Morgan fingerprint density at radius 1 is 1.21 bits per heavy atom. The van der Waals surface area contributed by atoms with Gasteiger partial charge in [-0.3, -0.25) is 0 Å². The molecule has 2 aliphatic rings. The van der Waals surface area contributed by atoms with Crippen molar-refractivity contribution in [2.75, 3.05) is 6.54 Å². The Labute approximate surface area is 115 Å². The first-order chi connectivity index (χ1) is 9.11. The van der Waals surface area contributed by atoms with Crippen LogP contribution in [-0.2, 0) is 0 Å². The molecule has 0 heterocycles. The summed E-state index contributed by atoms with van der Waals surface area (Å²) in [7, 11) is 0. The molecule has 1 aromatic rings. The maximum atomic E-state index is 13.0. The SMILES string of the molecule is CC(C)C1(CNC(c2ccc(F)cc2)C2CC2)CC1. The molecule has 2 fully saturated rings. The summed E-state index contributed by atoms with van der Waals surface area (Å²) in [5.74, 6) is 1.38. The lowest BCUT2D eigenvalue weighted by Gasteiger charge is -2.25. The van der Waals surface area contributed by atoms with Crippen molar-refractivity contribution in [3.05, 3.63) is 35.6 Å². The van der Waals surface area contributed by atoms with Crippen molar-refractivity contribution in [3.8, 4) is 0 Å². The second-order valence-electron chi connectivity index (χ2n) is 6.76. The van der Waals surface area contributed by atoms with E-state index in [1.165, 1.54) is 31.2 Å². The minimum Gasteiger partial charge on any atom is -0.309 e. The van der Waals surface area contributed by atoms with Gasteiger partial charge in [-0.15, -0.1) is 0 Å². The summed E-state index contributed by atoms with van der Waals surface area (Å²) in [4.78, 5) is 0. The maximum Gasteiger partial charge on any atom is 0.123 e. The van der Waals surface area contributed by atoms with Gasteiger partial charge in [0.2, 0.25) is 0 Å². The molecular formula is C17H24FN. The highest BCUT2D eigenvalue weighted by Crippen LogP contribution is 2.52. The monoisotopic (exact) mass is 261 g/mol. The van der Waals surface area contributed by atoms with Gasteiger partial charge in [0, 0.05) is 12.6 Å². The molecule has 3 rings (SSSR count). The number of benzene rings is 1. The van der Waals surface area contributed by atoms with E-state index in [1.807, 2.05) is 12.1 Å². The van der Waals surface area contributed by atoms with Crippen molar-refractivity contribution in [1.29, 1.82) is 0 Å². The van der Waals surface area contributed by atoms with Crippen LogP contribution in [0.15, 0.2) is 24.3 Å². The zero-order valence-electron chi connectivity index (χ0n) is 12.0. The third-order valence-electron chi connectivity index (χ3n) is 5.11. The average Bonchev–Trinajstić information content (AvgIpc) is 3.26. The van der Waals surface area contributed by atoms with Gasteiger partial charge in [0.1, 0.15) is 5.82 Å². The molecule has 19 heavy (non-hydrogen) atoms. The van der Waals surface area contributed by atoms with Crippen LogP contribution in [0.1, 0.15) is 51.1 Å². The van der Waals surface area contributed by atoms with Crippen LogP contribution in [0.2, 0.25) is 0 Å². The molecule has 0 saturated heterocycles. The predicted molar refractivity (Wildman–Crippen MR) is 76.4 cm³/mol. The molecule has 1 nitrogen and oxygen atoms in total. The topological polar surface area (TPSA) is 12.0 Å². The number of rotatable bonds is 6. The van der Waals surface area contributed by atoms with E-state index in [-0.39, 0.29) is 5.82 Å². The third-order valence-corrected chi connectivity index (χ3v) is 5.11. The molecule has 1 aromatic carbocycles. The molecule has 1 atom stereocenters. The van der Waals surface area contributed by atoms with Crippen LogP contribution in [0, 0.1) is 23.1 Å². The van der Waals surface area contributed by atoms with Gasteiger partial charge in [-0.25, -0.2) is 4.39 Å². The summed E-state index contributed by atoms with van der Waals surface area (Å²) in [6.07, 6.45) is 5.34. The molecular weight excluding hydrogens is 237 g/mol. The minimum atomic E-state index is -0.140. The molecule has 2 heteroatoms. The molecule has 2 saturated carbocycles. The van der Waals surface area contributed by atoms with Crippen LogP contribution in [0.3, 0.4) is 0 Å². The standard InChI is InChI=1S/C17H24FN/c1-12(2)17(9-10-17)11-19-16(13-3-4-13)14-5-7-15(18)8-6-14/h5-8,12-13,16,19H,3-4,9-11H2,1-2H3. The second-order valence-corrected chi connectivity index (χ2v) is 6.76. The van der Waals surface area contributed by atoms with E-state index < -0.39 is 0 Å². The Balaban J connectivity index is 1.67. The zero-order chi connectivity index (χ0) is 13.5. The molecule has 104 valence electrons. The van der Waals surface area contributed by atoms with Crippen molar-refractivity contribution < 1.29 is 4.39 Å². The lowest BCUT2D eigenvalue weighted by atomic mass is 9.91. The molecule has 2 aliphatic carbocycles. The summed E-state index contributed by atoms with van der Waals surface area (Å²) in [5.41, 5.74) is 1.79. The van der Waals surface area contributed by atoms with Crippen molar-refractivity contribution in [2.45, 2.75) is 45.6 Å². The van der Waals surface area contributed by atoms with E-state index in [9.17, 15) is 4.39 Å². The zero-order valence-corrected chi connectivity index (χ0v) is 12.0. The van der Waals surface area contributed by atoms with Crippen LogP contribution in [0.25, 0.3) is 0 Å². The fourth-order valence-electron chi connectivity index (χ4n) is 3.09. The number of hydrogen-bond acceptors (Lipinski definition) is 1. The molecule has 1 N–H and O–H groups in total. The van der Waals surface area contributed by atoms with Crippen LogP contribution in [-0.4, -0.2) is 6.54 Å². The van der Waals surface area contributed by atoms with E-state index in [0.29, 0.717) is 11.5 Å². The second kappa shape index (κ2) is 4.90. The summed E-state index contributed by atoms with van der Waals surface area (Å²) < 4.78 is 13.0. The molecule has 0 aromatic heterocycles. The van der Waals surface area contributed by atoms with E-state index in [2.05, 4.69) is 19.2 Å². The van der Waals surface area contributed by atoms with Gasteiger partial charge in [-0.05, 0) is 60.6 Å². The molecule has 0 radical (unpaired) electrons. The summed E-state index contributed by atoms with van der Waals surface area (Å²) in [5, 5.41) is 3.78. The highest BCUT2D eigenvalue weighted by Gasteiger charge is 2.46. The molecule has 0 amide bonds. The number of nitrogens with one attached hydrogen (secondary N) is 1. The molecule has 0 aliphatic heterocycles. The summed E-state index contributed by atoms with van der Waals surface area (Å²) >= 11 is 0. The van der Waals surface area contributed by atoms with Gasteiger partial charge in [0.25, 0.3) is 0 Å². The van der Waals surface area contributed by atoms with Gasteiger partial charge in [-0.1, -0.05) is 26.0 Å². The third kappa shape index (κ3) is 2.84. The Bertz CT molecular complexity index is 429. The van der Waals surface area contributed by atoms with Gasteiger partial charge >= 0.3 is 0 Å². The lowest BCUT2D eigenvalue weighted by Crippen LogP contribution is -2.32. The summed E-state index contributed by atoms with van der Waals surface area (Å²) in [6.45, 7) is 5.78. The Kier molecular flexibility index (Phi) is 3.38. The summed E-state index contributed by atoms with van der Waals surface area (Å²) in [6, 6.07) is 7.49. The fourth-order valence-corrected chi connectivity index (χ4v) is 3.09. The van der Waals surface area contributed by atoms with Gasteiger partial charge < -0.3 is 5.32 Å². The van der Waals surface area contributed by atoms with Crippen LogP contribution in [0.5, 0.6) is 0 Å². The molecule has 1 unspecified atom stereocenters. The van der Waals surface area contributed by atoms with E-state index in [4.69, 9.17) is 0 Å². The first-order valence-electron chi connectivity index (χ1n) is 7.60. The van der Waals surface area contributed by atoms with Crippen LogP contribution in [0.4, 0.5) is 4.39 Å². The van der Waals surface area contributed by atoms with E-state index >= 15 is 0 Å². The van der Waals surface area contributed by atoms with Gasteiger partial charge in [0.15, 0.2) is 0 Å². The van der Waals surface area contributed by atoms with Crippen molar-refractivity contribution in [3.63, 3.8) is 0 Å². The normalized spacial score (nSPS) is 22.5. The number of hydrogen-bond donors (Lipinski definition) is 1. The van der Waals surface area contributed by atoms with Crippen LogP contribution >= 0.6 is 0 Å². The van der Waals surface area contributed by atoms with Gasteiger partial charge in [-0.2, -0.15) is 0 Å². The highest BCUT2D eigenvalue weighted by molar-refractivity contribution is 5.22. The average molecular weight is 261 g/mol. The van der Waals surface area contributed by atoms with Crippen molar-refractivity contribution in [2.24, 2.45) is 17.3 Å². The van der Waals surface area contributed by atoms with E-state index in [1.54, 1.807) is 12.1 Å². The van der Waals surface area contributed by atoms with Crippen molar-refractivity contribution in [1.82, 2.24) is 5.32 Å². The Hall–Kier alpha value is -0.890. The first kappa shape index (κ1) is 13.1. The number of halogens is 1. The lowest BCUT2D eigenvalue weighted by molar-refractivity contribution is 0.312. The smallest absolute Gasteiger partial charge is 0.123 e. The maximum absolute atomic E-state index is 13.0. The van der Waals surface area contributed by atoms with E-state index in [0.717, 1.165) is 18.4 Å². The largest absolute Gasteiger partial charge is 0.309 e.